The molecule has 5 heteroatoms. The van der Waals surface area contributed by atoms with Crippen LogP contribution in [-0.2, 0) is 22.6 Å². The number of carbonyl (C=O) groups is 2. The molecule has 1 aliphatic rings. The van der Waals surface area contributed by atoms with Crippen LogP contribution in [0.3, 0.4) is 0 Å². The van der Waals surface area contributed by atoms with Crippen molar-refractivity contribution in [3.8, 4) is 0 Å². The fourth-order valence-corrected chi connectivity index (χ4v) is 3.65. The first kappa shape index (κ1) is 16.0. The third-order valence-electron chi connectivity index (χ3n) is 3.90. The van der Waals surface area contributed by atoms with Gasteiger partial charge >= 0.3 is 0 Å². The summed E-state index contributed by atoms with van der Waals surface area (Å²) in [7, 11) is 0. The third-order valence-corrected chi connectivity index (χ3v) is 5.11. The molecule has 2 unspecified atom stereocenters. The van der Waals surface area contributed by atoms with Gasteiger partial charge in [0.2, 0.25) is 11.8 Å². The van der Waals surface area contributed by atoms with Gasteiger partial charge < -0.3 is 10.2 Å². The number of amides is 2. The van der Waals surface area contributed by atoms with E-state index in [1.54, 1.807) is 11.3 Å². The highest BCUT2D eigenvalue weighted by Crippen LogP contribution is 2.22. The van der Waals surface area contributed by atoms with E-state index >= 15 is 0 Å². The molecular formula is C16H24N2O2S. The molecule has 4 nitrogen and oxygen atoms in total. The van der Waals surface area contributed by atoms with Crippen molar-refractivity contribution in [2.75, 3.05) is 0 Å². The zero-order valence-electron chi connectivity index (χ0n) is 13.0. The first-order chi connectivity index (χ1) is 10.0. The Morgan fingerprint density at radius 1 is 1.29 bits per heavy atom. The van der Waals surface area contributed by atoms with Gasteiger partial charge in [-0.05, 0) is 31.9 Å². The van der Waals surface area contributed by atoms with Crippen LogP contribution in [-0.4, -0.2) is 28.8 Å². The van der Waals surface area contributed by atoms with Crippen LogP contribution in [0, 0.1) is 0 Å². The van der Waals surface area contributed by atoms with E-state index < -0.39 is 0 Å². The molecule has 1 aromatic rings. The summed E-state index contributed by atoms with van der Waals surface area (Å²) in [5.74, 6) is 0.0406. The van der Waals surface area contributed by atoms with E-state index in [9.17, 15) is 9.59 Å². The Morgan fingerprint density at radius 2 is 2.00 bits per heavy atom. The summed E-state index contributed by atoms with van der Waals surface area (Å²) in [5.41, 5.74) is 0. The first-order valence-electron chi connectivity index (χ1n) is 7.72. The van der Waals surface area contributed by atoms with Crippen molar-refractivity contribution in [1.29, 1.82) is 0 Å². The lowest BCUT2D eigenvalue weighted by Crippen LogP contribution is -2.45. The van der Waals surface area contributed by atoms with E-state index in [2.05, 4.69) is 24.4 Å². The molecule has 2 heterocycles. The molecule has 2 atom stereocenters. The number of nitrogens with one attached hydrogen (secondary N) is 1. The highest BCUT2D eigenvalue weighted by molar-refractivity contribution is 7.11. The van der Waals surface area contributed by atoms with Crippen molar-refractivity contribution in [1.82, 2.24) is 10.2 Å². The monoisotopic (exact) mass is 308 g/mol. The highest BCUT2D eigenvalue weighted by atomic mass is 32.1. The molecule has 1 aliphatic heterocycles. The Bertz CT molecular complexity index is 512. The number of rotatable bonds is 5. The van der Waals surface area contributed by atoms with Gasteiger partial charge in [0, 0.05) is 22.2 Å². The zero-order chi connectivity index (χ0) is 15.4. The summed E-state index contributed by atoms with van der Waals surface area (Å²) in [6, 6.07) is 3.81. The van der Waals surface area contributed by atoms with Gasteiger partial charge in [0.15, 0.2) is 0 Å². The molecule has 21 heavy (non-hydrogen) atoms. The van der Waals surface area contributed by atoms with Gasteiger partial charge in [0.25, 0.3) is 0 Å². The Balaban J connectivity index is 2.17. The molecule has 1 N–H and O–H groups in total. The maximum atomic E-state index is 12.7. The molecule has 0 saturated carbocycles. The van der Waals surface area contributed by atoms with Gasteiger partial charge in [0.05, 0.1) is 6.54 Å². The summed E-state index contributed by atoms with van der Waals surface area (Å²) >= 11 is 1.75. The predicted molar refractivity (Wildman–Crippen MR) is 85.2 cm³/mol. The lowest BCUT2D eigenvalue weighted by atomic mass is 10.1. The second-order valence-electron chi connectivity index (χ2n) is 5.65. The van der Waals surface area contributed by atoms with Crippen molar-refractivity contribution >= 4 is 23.2 Å². The van der Waals surface area contributed by atoms with Crippen LogP contribution >= 0.6 is 11.3 Å². The van der Waals surface area contributed by atoms with Gasteiger partial charge in [-0.3, -0.25) is 9.59 Å². The highest BCUT2D eigenvalue weighted by Gasteiger charge is 2.33. The minimum atomic E-state index is -0.363. The summed E-state index contributed by atoms with van der Waals surface area (Å²) in [6.45, 7) is 6.74. The van der Waals surface area contributed by atoms with Gasteiger partial charge in [-0.25, -0.2) is 0 Å². The fraction of sp³-hybridized carbons (Fsp3) is 0.625. The standard InChI is InChI=1S/C16H24N2O2S/c1-4-6-14-16(20)18(11(3)9-15(19)17-14)10-13-8-7-12(5-2)21-13/h7-8,11,14H,4-6,9-10H2,1-3H3,(H,17,19). The molecule has 0 radical (unpaired) electrons. The Morgan fingerprint density at radius 3 is 2.62 bits per heavy atom. The van der Waals surface area contributed by atoms with Crippen molar-refractivity contribution in [3.05, 3.63) is 21.9 Å². The summed E-state index contributed by atoms with van der Waals surface area (Å²) in [5, 5.41) is 2.87. The van der Waals surface area contributed by atoms with Crippen molar-refractivity contribution in [2.45, 2.75) is 65.1 Å². The topological polar surface area (TPSA) is 49.4 Å². The fourth-order valence-electron chi connectivity index (χ4n) is 2.69. The zero-order valence-corrected chi connectivity index (χ0v) is 13.8. The Kier molecular flexibility index (Phi) is 5.39. The molecule has 1 saturated heterocycles. The molecule has 1 aromatic heterocycles. The lowest BCUT2D eigenvalue weighted by Gasteiger charge is -2.28. The summed E-state index contributed by atoms with van der Waals surface area (Å²) < 4.78 is 0. The Hall–Kier alpha value is -1.36. The molecule has 116 valence electrons. The van der Waals surface area contributed by atoms with Crippen molar-refractivity contribution in [3.63, 3.8) is 0 Å². The average Bonchev–Trinajstić information content (AvgIpc) is 2.87. The maximum Gasteiger partial charge on any atom is 0.245 e. The average molecular weight is 308 g/mol. The van der Waals surface area contributed by atoms with Crippen LogP contribution in [0.15, 0.2) is 12.1 Å². The number of carbonyl (C=O) groups excluding carboxylic acids is 2. The van der Waals surface area contributed by atoms with E-state index in [4.69, 9.17) is 0 Å². The molecular weight excluding hydrogens is 284 g/mol. The van der Waals surface area contributed by atoms with Gasteiger partial charge in [-0.2, -0.15) is 0 Å². The van der Waals surface area contributed by atoms with Crippen molar-refractivity contribution in [2.24, 2.45) is 0 Å². The van der Waals surface area contributed by atoms with E-state index in [1.165, 1.54) is 9.75 Å². The normalized spacial score (nSPS) is 23.1. The predicted octanol–water partition coefficient (Wildman–Crippen LogP) is 2.72. The largest absolute Gasteiger partial charge is 0.344 e. The number of hydrogen-bond acceptors (Lipinski definition) is 3. The van der Waals surface area contributed by atoms with Crippen LogP contribution in [0.5, 0.6) is 0 Å². The quantitative estimate of drug-likeness (QED) is 0.909. The van der Waals surface area contributed by atoms with E-state index in [0.717, 1.165) is 12.8 Å². The molecule has 1 fully saturated rings. The Labute approximate surface area is 130 Å². The van der Waals surface area contributed by atoms with Crippen molar-refractivity contribution < 1.29 is 9.59 Å². The summed E-state index contributed by atoms with van der Waals surface area (Å²) in [4.78, 5) is 29.0. The van der Waals surface area contributed by atoms with Crippen LogP contribution in [0.25, 0.3) is 0 Å². The van der Waals surface area contributed by atoms with Gasteiger partial charge in [-0.1, -0.05) is 20.3 Å². The van der Waals surface area contributed by atoms with Crippen LogP contribution in [0.2, 0.25) is 0 Å². The number of nitrogens with zero attached hydrogens (tertiary/aromatic N) is 1. The number of hydrogen-bond donors (Lipinski definition) is 1. The van der Waals surface area contributed by atoms with E-state index in [1.807, 2.05) is 18.7 Å². The number of thiophene rings is 1. The smallest absolute Gasteiger partial charge is 0.245 e. The first-order valence-corrected chi connectivity index (χ1v) is 8.54. The van der Waals surface area contributed by atoms with Crippen LogP contribution < -0.4 is 5.32 Å². The minimum absolute atomic E-state index is 0.0165. The molecule has 0 spiro atoms. The second kappa shape index (κ2) is 7.07. The maximum absolute atomic E-state index is 12.7. The minimum Gasteiger partial charge on any atom is -0.344 e. The molecule has 2 amide bonds. The molecule has 0 aliphatic carbocycles. The van der Waals surface area contributed by atoms with Gasteiger partial charge in [0.1, 0.15) is 6.04 Å². The van der Waals surface area contributed by atoms with Gasteiger partial charge in [-0.15, -0.1) is 11.3 Å². The van der Waals surface area contributed by atoms with Crippen LogP contribution in [0.1, 0.15) is 49.8 Å². The van der Waals surface area contributed by atoms with E-state index in [0.29, 0.717) is 19.4 Å². The number of aryl methyl sites for hydroxylation is 1. The molecule has 0 bridgehead atoms. The second-order valence-corrected chi connectivity index (χ2v) is 6.90. The molecule has 2 rings (SSSR count). The third kappa shape index (κ3) is 3.84. The SMILES string of the molecule is CCCC1NC(=O)CC(C)N(Cc2ccc(CC)s2)C1=O. The molecule has 0 aromatic carbocycles. The van der Waals surface area contributed by atoms with E-state index in [-0.39, 0.29) is 23.9 Å². The summed E-state index contributed by atoms with van der Waals surface area (Å²) in [6.07, 6.45) is 3.00. The lowest BCUT2D eigenvalue weighted by molar-refractivity contribution is -0.135. The van der Waals surface area contributed by atoms with Crippen LogP contribution in [0.4, 0.5) is 0 Å².